The SMILES string of the molecule is COC(=O)c1ccc(C(=O)NC[C@H](c2ccc(F)cc2)N2CCN(C)CC2)cc1. The molecule has 0 spiro atoms. The van der Waals surface area contributed by atoms with E-state index in [1.54, 1.807) is 36.4 Å². The highest BCUT2D eigenvalue weighted by Crippen LogP contribution is 2.22. The third kappa shape index (κ3) is 5.40. The Hall–Kier alpha value is -2.77. The van der Waals surface area contributed by atoms with Gasteiger partial charge >= 0.3 is 5.97 Å². The molecule has 1 aliphatic heterocycles. The number of methoxy groups -OCH3 is 1. The first-order valence-electron chi connectivity index (χ1n) is 9.62. The van der Waals surface area contributed by atoms with Crippen LogP contribution < -0.4 is 5.32 Å². The largest absolute Gasteiger partial charge is 0.465 e. The number of carbonyl (C=O) groups is 2. The Kier molecular flexibility index (Phi) is 6.95. The first-order chi connectivity index (χ1) is 14.0. The van der Waals surface area contributed by atoms with Gasteiger partial charge in [0.1, 0.15) is 5.82 Å². The van der Waals surface area contributed by atoms with Crippen LogP contribution >= 0.6 is 0 Å². The third-order valence-corrected chi connectivity index (χ3v) is 5.26. The molecule has 1 heterocycles. The fourth-order valence-electron chi connectivity index (χ4n) is 3.44. The maximum absolute atomic E-state index is 13.4. The third-order valence-electron chi connectivity index (χ3n) is 5.26. The number of piperazine rings is 1. The summed E-state index contributed by atoms with van der Waals surface area (Å²) in [5, 5.41) is 2.98. The fraction of sp³-hybridized carbons (Fsp3) is 0.364. The molecule has 0 saturated carbocycles. The highest BCUT2D eigenvalue weighted by Gasteiger charge is 2.24. The van der Waals surface area contributed by atoms with Gasteiger partial charge in [-0.1, -0.05) is 12.1 Å². The molecule has 1 N–H and O–H groups in total. The highest BCUT2D eigenvalue weighted by molar-refractivity contribution is 5.96. The quantitative estimate of drug-likeness (QED) is 0.756. The van der Waals surface area contributed by atoms with Crippen molar-refractivity contribution in [3.05, 3.63) is 71.0 Å². The number of rotatable bonds is 6. The number of nitrogens with one attached hydrogen (secondary N) is 1. The summed E-state index contributed by atoms with van der Waals surface area (Å²) < 4.78 is 18.0. The normalized spacial score (nSPS) is 16.2. The van der Waals surface area contributed by atoms with Crippen molar-refractivity contribution < 1.29 is 18.7 Å². The summed E-state index contributed by atoms with van der Waals surface area (Å²) in [4.78, 5) is 28.7. The van der Waals surface area contributed by atoms with Crippen molar-refractivity contribution in [2.24, 2.45) is 0 Å². The first kappa shape index (κ1) is 21.0. The summed E-state index contributed by atoms with van der Waals surface area (Å²) in [6.45, 7) is 4.05. The molecule has 1 aliphatic rings. The lowest BCUT2D eigenvalue weighted by atomic mass is 10.0. The molecule has 2 aromatic rings. The van der Waals surface area contributed by atoms with E-state index in [9.17, 15) is 14.0 Å². The molecule has 2 aromatic carbocycles. The molecular weight excluding hydrogens is 373 g/mol. The molecule has 0 bridgehead atoms. The zero-order valence-electron chi connectivity index (χ0n) is 16.7. The topological polar surface area (TPSA) is 61.9 Å². The molecule has 1 amide bonds. The van der Waals surface area contributed by atoms with Crippen molar-refractivity contribution in [1.82, 2.24) is 15.1 Å². The van der Waals surface area contributed by atoms with E-state index in [-0.39, 0.29) is 17.8 Å². The van der Waals surface area contributed by atoms with E-state index >= 15 is 0 Å². The van der Waals surface area contributed by atoms with Crippen LogP contribution in [-0.2, 0) is 4.74 Å². The zero-order valence-corrected chi connectivity index (χ0v) is 16.7. The minimum absolute atomic E-state index is 0.0393. The summed E-state index contributed by atoms with van der Waals surface area (Å²) in [6, 6.07) is 12.7. The number of esters is 1. The lowest BCUT2D eigenvalue weighted by Gasteiger charge is -2.38. The Balaban J connectivity index is 1.69. The van der Waals surface area contributed by atoms with E-state index in [1.165, 1.54) is 19.2 Å². The minimum atomic E-state index is -0.441. The van der Waals surface area contributed by atoms with E-state index < -0.39 is 5.97 Å². The van der Waals surface area contributed by atoms with Crippen LogP contribution in [0.15, 0.2) is 48.5 Å². The molecule has 0 radical (unpaired) electrons. The summed E-state index contributed by atoms with van der Waals surface area (Å²) in [5.74, 6) is -0.938. The van der Waals surface area contributed by atoms with Gasteiger partial charge in [-0.3, -0.25) is 9.69 Å². The van der Waals surface area contributed by atoms with Crippen LogP contribution in [0.3, 0.4) is 0 Å². The number of halogens is 1. The van der Waals surface area contributed by atoms with Gasteiger partial charge in [-0.05, 0) is 49.0 Å². The van der Waals surface area contributed by atoms with Gasteiger partial charge in [-0.2, -0.15) is 0 Å². The monoisotopic (exact) mass is 399 g/mol. The van der Waals surface area contributed by atoms with E-state index in [0.29, 0.717) is 17.7 Å². The number of likely N-dealkylation sites (N-methyl/N-ethyl adjacent to an activating group) is 1. The molecule has 7 heteroatoms. The molecule has 3 rings (SSSR count). The molecule has 0 unspecified atom stereocenters. The predicted octanol–water partition coefficient (Wildman–Crippen LogP) is 2.33. The molecule has 0 aliphatic carbocycles. The van der Waals surface area contributed by atoms with Crippen LogP contribution in [0.1, 0.15) is 32.3 Å². The van der Waals surface area contributed by atoms with Crippen molar-refractivity contribution in [2.45, 2.75) is 6.04 Å². The van der Waals surface area contributed by atoms with Crippen molar-refractivity contribution in [2.75, 3.05) is 46.9 Å². The summed E-state index contributed by atoms with van der Waals surface area (Å²) in [6.07, 6.45) is 0. The van der Waals surface area contributed by atoms with Crippen LogP contribution in [-0.4, -0.2) is 68.6 Å². The fourth-order valence-corrected chi connectivity index (χ4v) is 3.44. The Morgan fingerprint density at radius 2 is 1.59 bits per heavy atom. The van der Waals surface area contributed by atoms with Gasteiger partial charge in [-0.25, -0.2) is 9.18 Å². The molecule has 1 fully saturated rings. The number of amides is 1. The molecule has 0 aromatic heterocycles. The van der Waals surface area contributed by atoms with Gasteiger partial charge in [0.15, 0.2) is 0 Å². The Labute approximate surface area is 170 Å². The summed E-state index contributed by atoms with van der Waals surface area (Å²) in [5.41, 5.74) is 1.83. The number of nitrogens with zero attached hydrogens (tertiary/aromatic N) is 2. The molecule has 1 saturated heterocycles. The van der Waals surface area contributed by atoms with Crippen LogP contribution in [0.2, 0.25) is 0 Å². The van der Waals surface area contributed by atoms with Crippen LogP contribution in [0.25, 0.3) is 0 Å². The average Bonchev–Trinajstić information content (AvgIpc) is 2.75. The van der Waals surface area contributed by atoms with Crippen molar-refractivity contribution in [1.29, 1.82) is 0 Å². The Morgan fingerprint density at radius 3 is 2.17 bits per heavy atom. The standard InChI is InChI=1S/C22H26FN3O3/c1-25-11-13-26(14-12-25)20(16-7-9-19(23)10-8-16)15-24-21(27)17-3-5-18(6-4-17)22(28)29-2/h3-10,20H,11-15H2,1-2H3,(H,24,27)/t20-/m1/s1. The van der Waals surface area contributed by atoms with Gasteiger partial charge in [0.2, 0.25) is 0 Å². The highest BCUT2D eigenvalue weighted by atomic mass is 19.1. The van der Waals surface area contributed by atoms with Gasteiger partial charge in [0.05, 0.1) is 18.7 Å². The van der Waals surface area contributed by atoms with Crippen LogP contribution in [0.5, 0.6) is 0 Å². The number of hydrogen-bond donors (Lipinski definition) is 1. The predicted molar refractivity (Wildman–Crippen MR) is 108 cm³/mol. The second-order valence-corrected chi connectivity index (χ2v) is 7.19. The van der Waals surface area contributed by atoms with E-state index in [2.05, 4.69) is 26.9 Å². The second-order valence-electron chi connectivity index (χ2n) is 7.19. The van der Waals surface area contributed by atoms with Gasteiger partial charge in [0, 0.05) is 38.3 Å². The maximum Gasteiger partial charge on any atom is 0.337 e. The number of benzene rings is 2. The first-order valence-corrected chi connectivity index (χ1v) is 9.62. The second kappa shape index (κ2) is 9.62. The number of carbonyl (C=O) groups excluding carboxylic acids is 2. The molecule has 6 nitrogen and oxygen atoms in total. The van der Waals surface area contributed by atoms with E-state index in [4.69, 9.17) is 0 Å². The van der Waals surface area contributed by atoms with Gasteiger partial charge < -0.3 is 15.0 Å². The van der Waals surface area contributed by atoms with Crippen molar-refractivity contribution >= 4 is 11.9 Å². The zero-order chi connectivity index (χ0) is 20.8. The van der Waals surface area contributed by atoms with Crippen molar-refractivity contribution in [3.8, 4) is 0 Å². The minimum Gasteiger partial charge on any atom is -0.465 e. The molecule has 29 heavy (non-hydrogen) atoms. The van der Waals surface area contributed by atoms with E-state index in [1.807, 2.05) is 0 Å². The van der Waals surface area contributed by atoms with E-state index in [0.717, 1.165) is 31.7 Å². The summed E-state index contributed by atoms with van der Waals surface area (Å²) in [7, 11) is 3.40. The molecule has 154 valence electrons. The lowest BCUT2D eigenvalue weighted by Crippen LogP contribution is -2.48. The average molecular weight is 399 g/mol. The number of hydrogen-bond acceptors (Lipinski definition) is 5. The number of ether oxygens (including phenoxy) is 1. The smallest absolute Gasteiger partial charge is 0.337 e. The summed E-state index contributed by atoms with van der Waals surface area (Å²) >= 11 is 0. The molecule has 1 atom stereocenters. The Bertz CT molecular complexity index is 831. The van der Waals surface area contributed by atoms with Crippen LogP contribution in [0, 0.1) is 5.82 Å². The van der Waals surface area contributed by atoms with Gasteiger partial charge in [0.25, 0.3) is 5.91 Å². The van der Waals surface area contributed by atoms with Crippen molar-refractivity contribution in [3.63, 3.8) is 0 Å². The lowest BCUT2D eigenvalue weighted by molar-refractivity contribution is 0.0600. The maximum atomic E-state index is 13.4. The molecular formula is C22H26FN3O3. The van der Waals surface area contributed by atoms with Gasteiger partial charge in [-0.15, -0.1) is 0 Å². The Morgan fingerprint density at radius 1 is 1.00 bits per heavy atom. The van der Waals surface area contributed by atoms with Crippen LogP contribution in [0.4, 0.5) is 4.39 Å².